The number of methoxy groups -OCH3 is 1. The van der Waals surface area contributed by atoms with Gasteiger partial charge in [0, 0.05) is 12.1 Å². The number of halogens is 1. The lowest BCUT2D eigenvalue weighted by Crippen LogP contribution is -2.23. The average Bonchev–Trinajstić information content (AvgIpc) is 2.47. The number of nitrogens with one attached hydrogen (secondary N) is 1. The number of para-hydroxylation sites is 1. The van der Waals surface area contributed by atoms with Gasteiger partial charge in [-0.2, -0.15) is 0 Å². The van der Waals surface area contributed by atoms with Crippen LogP contribution in [0.4, 0.5) is 0 Å². The Bertz CT molecular complexity index is 628. The molecule has 1 amide bonds. The number of carbonyl (C=O) groups excluding carboxylic acids is 1. The Morgan fingerprint density at radius 1 is 1.30 bits per heavy atom. The number of amides is 1. The van der Waals surface area contributed by atoms with Crippen molar-refractivity contribution in [2.24, 2.45) is 0 Å². The predicted molar refractivity (Wildman–Crippen MR) is 77.3 cm³/mol. The summed E-state index contributed by atoms with van der Waals surface area (Å²) in [5.74, 6) is 0.350. The minimum absolute atomic E-state index is 0.00292. The summed E-state index contributed by atoms with van der Waals surface area (Å²) in [6.45, 7) is 0.314. The number of ether oxygens (including phenoxy) is 1. The summed E-state index contributed by atoms with van der Waals surface area (Å²) in [5.41, 5.74) is 1.10. The molecule has 4 nitrogen and oxygen atoms in total. The van der Waals surface area contributed by atoms with Gasteiger partial charge in [-0.1, -0.05) is 29.8 Å². The van der Waals surface area contributed by atoms with E-state index < -0.39 is 0 Å². The van der Waals surface area contributed by atoms with E-state index in [2.05, 4.69) is 5.32 Å². The first-order valence-corrected chi connectivity index (χ1v) is 6.38. The van der Waals surface area contributed by atoms with Crippen molar-refractivity contribution in [3.05, 3.63) is 58.6 Å². The van der Waals surface area contributed by atoms with Crippen molar-refractivity contribution in [3.8, 4) is 11.5 Å². The van der Waals surface area contributed by atoms with Crippen molar-refractivity contribution in [2.45, 2.75) is 6.54 Å². The van der Waals surface area contributed by atoms with Crippen LogP contribution in [0.3, 0.4) is 0 Å². The number of phenols is 1. The zero-order chi connectivity index (χ0) is 14.5. The van der Waals surface area contributed by atoms with Crippen LogP contribution in [-0.2, 0) is 6.54 Å². The Morgan fingerprint density at radius 2 is 2.05 bits per heavy atom. The summed E-state index contributed by atoms with van der Waals surface area (Å²) >= 11 is 5.93. The lowest BCUT2D eigenvalue weighted by molar-refractivity contribution is 0.0950. The Labute approximate surface area is 122 Å². The molecule has 0 saturated heterocycles. The van der Waals surface area contributed by atoms with Gasteiger partial charge in [-0.25, -0.2) is 0 Å². The fourth-order valence-electron chi connectivity index (χ4n) is 1.81. The molecule has 2 aromatic carbocycles. The van der Waals surface area contributed by atoms with Crippen molar-refractivity contribution in [1.29, 1.82) is 0 Å². The maximum atomic E-state index is 12.0. The van der Waals surface area contributed by atoms with Gasteiger partial charge in [0.2, 0.25) is 0 Å². The number of benzene rings is 2. The molecule has 104 valence electrons. The van der Waals surface area contributed by atoms with E-state index >= 15 is 0 Å². The summed E-state index contributed by atoms with van der Waals surface area (Å²) in [4.78, 5) is 12.0. The fraction of sp³-hybridized carbons (Fsp3) is 0.133. The fourth-order valence-corrected chi connectivity index (χ4v) is 2.01. The molecule has 0 spiro atoms. The highest BCUT2D eigenvalue weighted by molar-refractivity contribution is 6.33. The van der Waals surface area contributed by atoms with Crippen molar-refractivity contribution >= 4 is 17.5 Å². The summed E-state index contributed by atoms with van der Waals surface area (Å²) in [6, 6.07) is 11.7. The first kappa shape index (κ1) is 14.2. The first-order chi connectivity index (χ1) is 9.61. The minimum atomic E-state index is -0.350. The predicted octanol–water partition coefficient (Wildman–Crippen LogP) is 2.98. The van der Waals surface area contributed by atoms with Crippen LogP contribution in [0.25, 0.3) is 0 Å². The van der Waals surface area contributed by atoms with Crippen LogP contribution in [0.1, 0.15) is 15.9 Å². The average molecular weight is 292 g/mol. The zero-order valence-corrected chi connectivity index (χ0v) is 11.6. The molecule has 0 aromatic heterocycles. The minimum Gasteiger partial charge on any atom is -0.508 e. The van der Waals surface area contributed by atoms with Crippen molar-refractivity contribution in [1.82, 2.24) is 5.32 Å². The Kier molecular flexibility index (Phi) is 4.48. The molecule has 2 rings (SSSR count). The van der Waals surface area contributed by atoms with Crippen LogP contribution in [0, 0.1) is 0 Å². The number of rotatable bonds is 4. The second kappa shape index (κ2) is 6.30. The molecule has 2 N–H and O–H groups in total. The van der Waals surface area contributed by atoms with Crippen LogP contribution < -0.4 is 10.1 Å². The van der Waals surface area contributed by atoms with Crippen molar-refractivity contribution in [2.75, 3.05) is 7.11 Å². The van der Waals surface area contributed by atoms with Crippen LogP contribution in [0.5, 0.6) is 11.5 Å². The second-order valence-corrected chi connectivity index (χ2v) is 4.57. The van der Waals surface area contributed by atoms with Crippen LogP contribution in [-0.4, -0.2) is 18.1 Å². The van der Waals surface area contributed by atoms with E-state index in [9.17, 15) is 9.90 Å². The molecule has 5 heteroatoms. The molecule has 0 bridgehead atoms. The number of hydrogen-bond acceptors (Lipinski definition) is 3. The van der Waals surface area contributed by atoms with E-state index in [4.69, 9.17) is 16.3 Å². The molecule has 0 aliphatic heterocycles. The van der Waals surface area contributed by atoms with Gasteiger partial charge in [-0.3, -0.25) is 4.79 Å². The maximum absolute atomic E-state index is 12.0. The highest BCUT2D eigenvalue weighted by Gasteiger charge is 2.11. The molecule has 0 aliphatic rings. The van der Waals surface area contributed by atoms with E-state index in [1.165, 1.54) is 18.2 Å². The molecule has 0 radical (unpaired) electrons. The quantitative estimate of drug-likeness (QED) is 0.910. The number of hydrogen-bond donors (Lipinski definition) is 2. The molecular formula is C15H14ClNO3. The smallest absolute Gasteiger partial charge is 0.253 e. The summed E-state index contributed by atoms with van der Waals surface area (Å²) in [7, 11) is 1.58. The van der Waals surface area contributed by atoms with Gasteiger partial charge in [-0.15, -0.1) is 0 Å². The third-order valence-corrected chi connectivity index (χ3v) is 3.16. The highest BCUT2D eigenvalue weighted by atomic mass is 35.5. The Hall–Kier alpha value is -2.20. The molecule has 0 aliphatic carbocycles. The zero-order valence-electron chi connectivity index (χ0n) is 10.9. The maximum Gasteiger partial charge on any atom is 0.253 e. The lowest BCUT2D eigenvalue weighted by atomic mass is 10.1. The summed E-state index contributed by atoms with van der Waals surface area (Å²) < 4.78 is 5.21. The molecule has 2 aromatic rings. The molecule has 0 saturated carbocycles. The van der Waals surface area contributed by atoms with E-state index in [0.29, 0.717) is 17.3 Å². The number of phenolic OH excluding ortho intramolecular Hbond substituents is 1. The van der Waals surface area contributed by atoms with E-state index in [-0.39, 0.29) is 17.2 Å². The first-order valence-electron chi connectivity index (χ1n) is 6.00. The van der Waals surface area contributed by atoms with Crippen LogP contribution >= 0.6 is 11.6 Å². The van der Waals surface area contributed by atoms with E-state index in [1.54, 1.807) is 7.11 Å². The lowest BCUT2D eigenvalue weighted by Gasteiger charge is -2.10. The second-order valence-electron chi connectivity index (χ2n) is 4.16. The van der Waals surface area contributed by atoms with Crippen molar-refractivity contribution in [3.63, 3.8) is 0 Å². The molecule has 0 heterocycles. The Morgan fingerprint density at radius 3 is 2.80 bits per heavy atom. The van der Waals surface area contributed by atoms with Gasteiger partial charge in [0.25, 0.3) is 5.91 Å². The van der Waals surface area contributed by atoms with Gasteiger partial charge in [0.15, 0.2) is 0 Å². The molecule has 0 fully saturated rings. The normalized spacial score (nSPS) is 10.1. The summed E-state index contributed by atoms with van der Waals surface area (Å²) in [6.07, 6.45) is 0. The van der Waals surface area contributed by atoms with Crippen LogP contribution in [0.2, 0.25) is 5.02 Å². The number of aromatic hydroxyl groups is 1. The van der Waals surface area contributed by atoms with E-state index in [0.717, 1.165) is 5.56 Å². The molecular weight excluding hydrogens is 278 g/mol. The van der Waals surface area contributed by atoms with Gasteiger partial charge in [0.1, 0.15) is 11.5 Å². The van der Waals surface area contributed by atoms with Gasteiger partial charge < -0.3 is 15.2 Å². The Balaban J connectivity index is 2.11. The van der Waals surface area contributed by atoms with Gasteiger partial charge in [-0.05, 0) is 24.3 Å². The third-order valence-electron chi connectivity index (χ3n) is 2.83. The molecule has 0 atom stereocenters. The largest absolute Gasteiger partial charge is 0.508 e. The SMILES string of the molecule is COc1ccccc1CNC(=O)c1cc(O)ccc1Cl. The topological polar surface area (TPSA) is 58.6 Å². The van der Waals surface area contributed by atoms with Crippen LogP contribution in [0.15, 0.2) is 42.5 Å². The molecule has 0 unspecified atom stereocenters. The molecule has 20 heavy (non-hydrogen) atoms. The number of carbonyl (C=O) groups is 1. The monoisotopic (exact) mass is 291 g/mol. The van der Waals surface area contributed by atoms with Gasteiger partial charge >= 0.3 is 0 Å². The standard InChI is InChI=1S/C15H14ClNO3/c1-20-14-5-3-2-4-10(14)9-17-15(19)12-8-11(18)6-7-13(12)16/h2-8,18H,9H2,1H3,(H,17,19). The van der Waals surface area contributed by atoms with Crippen molar-refractivity contribution < 1.29 is 14.6 Å². The summed E-state index contributed by atoms with van der Waals surface area (Å²) in [5, 5.41) is 12.4. The van der Waals surface area contributed by atoms with E-state index in [1.807, 2.05) is 24.3 Å². The highest BCUT2D eigenvalue weighted by Crippen LogP contribution is 2.22. The van der Waals surface area contributed by atoms with Gasteiger partial charge in [0.05, 0.1) is 17.7 Å². The third kappa shape index (κ3) is 3.22.